The molecule has 0 aliphatic rings. The third kappa shape index (κ3) is 3.73. The van der Waals surface area contributed by atoms with Crippen LogP contribution in [0.5, 0.6) is 0 Å². The topological polar surface area (TPSA) is 97.1 Å². The number of anilines is 1. The van der Waals surface area contributed by atoms with Crippen LogP contribution in [0.15, 0.2) is 12.1 Å². The van der Waals surface area contributed by atoms with Crippen LogP contribution in [0.1, 0.15) is 29.9 Å². The zero-order chi connectivity index (χ0) is 13.7. The van der Waals surface area contributed by atoms with Crippen molar-refractivity contribution in [3.05, 3.63) is 23.4 Å². The molecule has 0 fully saturated rings. The SMILES string of the molecule is CCNC(=O)C(C)NC(=O)c1cc(C)nc(N)c1. The first-order valence-electron chi connectivity index (χ1n) is 5.76. The number of carbonyl (C=O) groups is 2. The molecule has 1 heterocycles. The molecular formula is C12H18N4O2. The Bertz CT molecular complexity index is 439. The van der Waals surface area contributed by atoms with Crippen molar-refractivity contribution in [3.8, 4) is 0 Å². The van der Waals surface area contributed by atoms with Gasteiger partial charge in [0, 0.05) is 17.8 Å². The molecule has 0 radical (unpaired) electrons. The number of aryl methyl sites for hydroxylation is 1. The van der Waals surface area contributed by atoms with Crippen LogP contribution in [-0.4, -0.2) is 29.4 Å². The van der Waals surface area contributed by atoms with Gasteiger partial charge in [-0.25, -0.2) is 4.98 Å². The van der Waals surface area contributed by atoms with Gasteiger partial charge in [0.25, 0.3) is 5.91 Å². The minimum absolute atomic E-state index is 0.218. The molecule has 0 saturated carbocycles. The fraction of sp³-hybridized carbons (Fsp3) is 0.417. The van der Waals surface area contributed by atoms with Gasteiger partial charge in [-0.2, -0.15) is 0 Å². The predicted molar refractivity (Wildman–Crippen MR) is 69.0 cm³/mol. The summed E-state index contributed by atoms with van der Waals surface area (Å²) >= 11 is 0. The Kier molecular flexibility index (Phi) is 4.65. The molecular weight excluding hydrogens is 232 g/mol. The lowest BCUT2D eigenvalue weighted by Crippen LogP contribution is -2.44. The van der Waals surface area contributed by atoms with E-state index in [9.17, 15) is 9.59 Å². The summed E-state index contributed by atoms with van der Waals surface area (Å²) in [5.41, 5.74) is 6.62. The van der Waals surface area contributed by atoms with Crippen LogP contribution in [0.25, 0.3) is 0 Å². The molecule has 2 amide bonds. The van der Waals surface area contributed by atoms with Crippen LogP contribution in [0.4, 0.5) is 5.82 Å². The highest BCUT2D eigenvalue weighted by atomic mass is 16.2. The maximum Gasteiger partial charge on any atom is 0.252 e. The minimum atomic E-state index is -0.591. The van der Waals surface area contributed by atoms with Crippen molar-refractivity contribution in [3.63, 3.8) is 0 Å². The molecule has 0 bridgehead atoms. The summed E-state index contributed by atoms with van der Waals surface area (Å²) in [7, 11) is 0. The van der Waals surface area contributed by atoms with E-state index in [1.807, 2.05) is 6.92 Å². The zero-order valence-electron chi connectivity index (χ0n) is 10.8. The number of nitrogen functional groups attached to an aromatic ring is 1. The highest BCUT2D eigenvalue weighted by Crippen LogP contribution is 2.07. The third-order valence-corrected chi connectivity index (χ3v) is 2.33. The molecule has 1 unspecified atom stereocenters. The van der Waals surface area contributed by atoms with Crippen LogP contribution in [0.2, 0.25) is 0 Å². The van der Waals surface area contributed by atoms with Gasteiger partial charge < -0.3 is 16.4 Å². The Morgan fingerprint density at radius 3 is 2.67 bits per heavy atom. The van der Waals surface area contributed by atoms with E-state index < -0.39 is 6.04 Å². The number of hydrogen-bond donors (Lipinski definition) is 3. The van der Waals surface area contributed by atoms with E-state index in [-0.39, 0.29) is 17.6 Å². The Morgan fingerprint density at radius 1 is 1.44 bits per heavy atom. The molecule has 6 heteroatoms. The Labute approximate surface area is 106 Å². The summed E-state index contributed by atoms with van der Waals surface area (Å²) in [6.45, 7) is 5.72. The number of carbonyl (C=O) groups excluding carboxylic acids is 2. The third-order valence-electron chi connectivity index (χ3n) is 2.33. The van der Waals surface area contributed by atoms with Crippen molar-refractivity contribution in [2.75, 3.05) is 12.3 Å². The number of likely N-dealkylation sites (N-methyl/N-ethyl adjacent to an activating group) is 1. The lowest BCUT2D eigenvalue weighted by atomic mass is 10.2. The van der Waals surface area contributed by atoms with Crippen molar-refractivity contribution >= 4 is 17.6 Å². The summed E-state index contributed by atoms with van der Waals surface area (Å²) in [6, 6.07) is 2.51. The molecule has 0 saturated heterocycles. The molecule has 18 heavy (non-hydrogen) atoms. The second-order valence-electron chi connectivity index (χ2n) is 4.01. The van der Waals surface area contributed by atoms with Crippen molar-refractivity contribution in [1.82, 2.24) is 15.6 Å². The summed E-state index contributed by atoms with van der Waals surface area (Å²) in [4.78, 5) is 27.4. The van der Waals surface area contributed by atoms with Crippen molar-refractivity contribution < 1.29 is 9.59 Å². The molecule has 0 aliphatic heterocycles. The van der Waals surface area contributed by atoms with E-state index in [2.05, 4.69) is 15.6 Å². The number of aromatic nitrogens is 1. The first-order valence-corrected chi connectivity index (χ1v) is 5.76. The fourth-order valence-electron chi connectivity index (χ4n) is 1.50. The van der Waals surface area contributed by atoms with E-state index in [1.165, 1.54) is 6.07 Å². The number of nitrogens with one attached hydrogen (secondary N) is 2. The van der Waals surface area contributed by atoms with Crippen LogP contribution < -0.4 is 16.4 Å². The van der Waals surface area contributed by atoms with Gasteiger partial charge in [-0.3, -0.25) is 9.59 Å². The fourth-order valence-corrected chi connectivity index (χ4v) is 1.50. The van der Waals surface area contributed by atoms with Crippen molar-refractivity contribution in [2.24, 2.45) is 0 Å². The van der Waals surface area contributed by atoms with E-state index in [4.69, 9.17) is 5.73 Å². The van der Waals surface area contributed by atoms with Crippen molar-refractivity contribution in [2.45, 2.75) is 26.8 Å². The van der Waals surface area contributed by atoms with Gasteiger partial charge in [0.1, 0.15) is 11.9 Å². The first kappa shape index (κ1) is 14.0. The van der Waals surface area contributed by atoms with Gasteiger partial charge in [0.2, 0.25) is 5.91 Å². The Balaban J connectivity index is 2.73. The second-order valence-corrected chi connectivity index (χ2v) is 4.01. The molecule has 0 aromatic carbocycles. The van der Waals surface area contributed by atoms with E-state index in [1.54, 1.807) is 19.9 Å². The maximum atomic E-state index is 11.9. The highest BCUT2D eigenvalue weighted by molar-refractivity contribution is 5.97. The quantitative estimate of drug-likeness (QED) is 0.712. The number of amides is 2. The first-order chi connectivity index (χ1) is 8.43. The van der Waals surface area contributed by atoms with E-state index in [0.29, 0.717) is 17.8 Å². The van der Waals surface area contributed by atoms with Gasteiger partial charge in [-0.15, -0.1) is 0 Å². The summed E-state index contributed by atoms with van der Waals surface area (Å²) < 4.78 is 0. The van der Waals surface area contributed by atoms with Crippen LogP contribution in [0.3, 0.4) is 0 Å². The number of hydrogen-bond acceptors (Lipinski definition) is 4. The summed E-state index contributed by atoms with van der Waals surface area (Å²) in [6.07, 6.45) is 0. The van der Waals surface area contributed by atoms with Crippen LogP contribution >= 0.6 is 0 Å². The van der Waals surface area contributed by atoms with Gasteiger partial charge in [0.05, 0.1) is 0 Å². The van der Waals surface area contributed by atoms with Gasteiger partial charge in [-0.05, 0) is 32.9 Å². The molecule has 1 rings (SSSR count). The molecule has 6 nitrogen and oxygen atoms in total. The van der Waals surface area contributed by atoms with Crippen LogP contribution in [0, 0.1) is 6.92 Å². The lowest BCUT2D eigenvalue weighted by Gasteiger charge is -2.13. The molecule has 0 spiro atoms. The van der Waals surface area contributed by atoms with Gasteiger partial charge in [-0.1, -0.05) is 0 Å². The predicted octanol–water partition coefficient (Wildman–Crippen LogP) is 0.227. The maximum absolute atomic E-state index is 11.9. The van der Waals surface area contributed by atoms with Crippen LogP contribution in [-0.2, 0) is 4.79 Å². The van der Waals surface area contributed by atoms with E-state index in [0.717, 1.165) is 0 Å². The standard InChI is InChI=1S/C12H18N4O2/c1-4-14-11(17)8(3)16-12(18)9-5-7(2)15-10(13)6-9/h5-6,8H,4H2,1-3H3,(H2,13,15)(H,14,17)(H,16,18). The molecule has 0 aliphatic carbocycles. The van der Waals surface area contributed by atoms with E-state index >= 15 is 0 Å². The molecule has 1 aromatic rings. The average Bonchev–Trinajstić information content (AvgIpc) is 2.27. The molecule has 1 atom stereocenters. The largest absolute Gasteiger partial charge is 0.384 e. The average molecular weight is 250 g/mol. The Hall–Kier alpha value is -2.11. The number of nitrogens with two attached hydrogens (primary N) is 1. The van der Waals surface area contributed by atoms with Gasteiger partial charge >= 0.3 is 0 Å². The number of rotatable bonds is 4. The minimum Gasteiger partial charge on any atom is -0.384 e. The Morgan fingerprint density at radius 2 is 2.11 bits per heavy atom. The molecule has 4 N–H and O–H groups in total. The summed E-state index contributed by atoms with van der Waals surface area (Å²) in [5, 5.41) is 5.24. The number of nitrogens with zero attached hydrogens (tertiary/aromatic N) is 1. The molecule has 98 valence electrons. The number of pyridine rings is 1. The highest BCUT2D eigenvalue weighted by Gasteiger charge is 2.16. The second kappa shape index (κ2) is 6.00. The lowest BCUT2D eigenvalue weighted by molar-refractivity contribution is -0.122. The monoisotopic (exact) mass is 250 g/mol. The smallest absolute Gasteiger partial charge is 0.252 e. The normalized spacial score (nSPS) is 11.7. The summed E-state index contributed by atoms with van der Waals surface area (Å²) in [5.74, 6) is -0.277. The van der Waals surface area contributed by atoms with Gasteiger partial charge in [0.15, 0.2) is 0 Å². The molecule has 1 aromatic heterocycles. The van der Waals surface area contributed by atoms with Crippen molar-refractivity contribution in [1.29, 1.82) is 0 Å². The zero-order valence-corrected chi connectivity index (χ0v) is 10.8.